The summed E-state index contributed by atoms with van der Waals surface area (Å²) in [6.45, 7) is 3.38. The molecule has 3 aromatic rings. The number of ether oxygens (including phenoxy) is 4. The molecule has 0 bridgehead atoms. The summed E-state index contributed by atoms with van der Waals surface area (Å²) >= 11 is 5.91. The van der Waals surface area contributed by atoms with Crippen molar-refractivity contribution in [2.24, 2.45) is 0 Å². The molecule has 1 aliphatic heterocycles. The molecule has 0 unspecified atom stereocenters. The van der Waals surface area contributed by atoms with E-state index in [-0.39, 0.29) is 59.0 Å². The van der Waals surface area contributed by atoms with Gasteiger partial charge >= 0.3 is 6.18 Å². The molecule has 0 aromatic carbocycles. The van der Waals surface area contributed by atoms with Crippen LogP contribution in [0.25, 0.3) is 11.4 Å². The zero-order valence-electron chi connectivity index (χ0n) is 22.5. The minimum Gasteiger partial charge on any atom is -0.485 e. The Balaban J connectivity index is 1.71. The first-order chi connectivity index (χ1) is 19.3. The standard InChI is InChI=1S/C24H28ClF3N6O6S/c1-13(2)40-19(21-30-7-15(25)8-31-21)14(3)41(35,36)11-18-32-33-22-17-5-6-29-23(39-12-24(26,27)28)20(17)38-10-16(9-37-4)34(18)22/h5-8,13-14,16,19H,9-12H2,1-4H3/t14-,16-,19+/m0/s1. The zero-order chi connectivity index (χ0) is 29.9. The number of rotatable bonds is 11. The van der Waals surface area contributed by atoms with Gasteiger partial charge in [-0.25, -0.2) is 23.4 Å². The van der Waals surface area contributed by atoms with E-state index in [1.165, 1.54) is 38.7 Å². The molecule has 0 aliphatic carbocycles. The summed E-state index contributed by atoms with van der Waals surface area (Å²) in [5, 5.41) is 7.51. The van der Waals surface area contributed by atoms with Crippen molar-refractivity contribution in [2.75, 3.05) is 26.9 Å². The Morgan fingerprint density at radius 2 is 1.88 bits per heavy atom. The Kier molecular flexibility index (Phi) is 9.35. The van der Waals surface area contributed by atoms with Gasteiger partial charge in [-0.1, -0.05) is 11.6 Å². The minimum atomic E-state index is -4.60. The number of fused-ring (bicyclic) bond motifs is 3. The van der Waals surface area contributed by atoms with Crippen LogP contribution in [0.1, 0.15) is 44.6 Å². The van der Waals surface area contributed by atoms with E-state index in [1.54, 1.807) is 18.4 Å². The molecule has 0 amide bonds. The third-order valence-corrected chi connectivity index (χ3v) is 8.27. The molecule has 17 heteroatoms. The summed E-state index contributed by atoms with van der Waals surface area (Å²) in [5.41, 5.74) is 0.232. The molecule has 12 nitrogen and oxygen atoms in total. The van der Waals surface area contributed by atoms with Crippen LogP contribution in [0.5, 0.6) is 11.6 Å². The number of halogens is 4. The van der Waals surface area contributed by atoms with Gasteiger partial charge in [0.25, 0.3) is 5.88 Å². The lowest BCUT2D eigenvalue weighted by Crippen LogP contribution is -2.32. The number of pyridine rings is 1. The van der Waals surface area contributed by atoms with Crippen molar-refractivity contribution in [3.63, 3.8) is 0 Å². The SMILES string of the molecule is COC[C@H]1COc2c(ccnc2OCC(F)(F)F)-c2nnc(CS(=O)(=O)[C@@H](C)[C@@H](OC(C)C)c3ncc(Cl)cn3)n21. The van der Waals surface area contributed by atoms with Gasteiger partial charge in [0.15, 0.2) is 33.8 Å². The Bertz CT molecular complexity index is 1460. The van der Waals surface area contributed by atoms with Crippen molar-refractivity contribution in [1.29, 1.82) is 0 Å². The van der Waals surface area contributed by atoms with Crippen LogP contribution < -0.4 is 9.47 Å². The average molecular weight is 621 g/mol. The van der Waals surface area contributed by atoms with E-state index in [0.717, 1.165) is 0 Å². The van der Waals surface area contributed by atoms with E-state index in [9.17, 15) is 21.6 Å². The fourth-order valence-corrected chi connectivity index (χ4v) is 5.68. The second-order valence-corrected chi connectivity index (χ2v) is 12.3. The van der Waals surface area contributed by atoms with E-state index < -0.39 is 45.8 Å². The number of sulfone groups is 1. The zero-order valence-corrected chi connectivity index (χ0v) is 24.1. The van der Waals surface area contributed by atoms with Crippen LogP contribution in [0, 0.1) is 0 Å². The van der Waals surface area contributed by atoms with Gasteiger partial charge in [0.1, 0.15) is 24.3 Å². The number of hydrogen-bond acceptors (Lipinski definition) is 11. The smallest absolute Gasteiger partial charge is 0.422 e. The predicted molar refractivity (Wildman–Crippen MR) is 139 cm³/mol. The Labute approximate surface area is 239 Å². The van der Waals surface area contributed by atoms with Crippen LogP contribution in [0.4, 0.5) is 13.2 Å². The third-order valence-electron chi connectivity index (χ3n) is 6.03. The monoisotopic (exact) mass is 620 g/mol. The number of aromatic nitrogens is 6. The average Bonchev–Trinajstić information content (AvgIpc) is 3.23. The number of nitrogens with zero attached hydrogens (tertiary/aromatic N) is 6. The molecule has 0 N–H and O–H groups in total. The fraction of sp³-hybridized carbons (Fsp3) is 0.542. The van der Waals surface area contributed by atoms with Crippen molar-refractivity contribution in [1.82, 2.24) is 29.7 Å². The van der Waals surface area contributed by atoms with E-state index in [2.05, 4.69) is 25.1 Å². The summed E-state index contributed by atoms with van der Waals surface area (Å²) in [4.78, 5) is 12.2. The Morgan fingerprint density at radius 3 is 2.51 bits per heavy atom. The Morgan fingerprint density at radius 1 is 1.17 bits per heavy atom. The summed E-state index contributed by atoms with van der Waals surface area (Å²) < 4.78 is 89.4. The summed E-state index contributed by atoms with van der Waals surface area (Å²) in [5.74, 6) is -0.625. The lowest BCUT2D eigenvalue weighted by Gasteiger charge is -2.25. The normalized spacial score (nSPS) is 16.9. The molecule has 224 valence electrons. The van der Waals surface area contributed by atoms with Gasteiger partial charge in [0.05, 0.1) is 34.6 Å². The van der Waals surface area contributed by atoms with Gasteiger partial charge in [0.2, 0.25) is 0 Å². The number of alkyl halides is 3. The molecule has 4 heterocycles. The minimum absolute atomic E-state index is 0.0610. The van der Waals surface area contributed by atoms with Crippen LogP contribution >= 0.6 is 11.6 Å². The molecule has 0 spiro atoms. The van der Waals surface area contributed by atoms with Crippen LogP contribution in [-0.2, 0) is 25.1 Å². The lowest BCUT2D eigenvalue weighted by molar-refractivity contribution is -0.154. The Hall–Kier alpha value is -3.08. The van der Waals surface area contributed by atoms with E-state index >= 15 is 0 Å². The fourth-order valence-electron chi connectivity index (χ4n) is 4.20. The summed E-state index contributed by atoms with van der Waals surface area (Å²) in [6, 6.07) is 0.840. The molecule has 0 fully saturated rings. The number of methoxy groups -OCH3 is 1. The summed E-state index contributed by atoms with van der Waals surface area (Å²) in [6.07, 6.45) is -2.01. The highest BCUT2D eigenvalue weighted by atomic mass is 35.5. The highest BCUT2D eigenvalue weighted by Gasteiger charge is 2.38. The highest BCUT2D eigenvalue weighted by Crippen LogP contribution is 2.41. The first-order valence-corrected chi connectivity index (χ1v) is 14.5. The first kappa shape index (κ1) is 30.9. The molecule has 0 radical (unpaired) electrons. The van der Waals surface area contributed by atoms with Crippen LogP contribution in [0.15, 0.2) is 24.7 Å². The maximum absolute atomic E-state index is 13.7. The quantitative estimate of drug-likeness (QED) is 0.309. The van der Waals surface area contributed by atoms with Gasteiger partial charge < -0.3 is 23.5 Å². The van der Waals surface area contributed by atoms with Gasteiger partial charge in [-0.05, 0) is 26.8 Å². The molecule has 4 rings (SSSR count). The van der Waals surface area contributed by atoms with Crippen LogP contribution in [-0.4, -0.2) is 82.6 Å². The van der Waals surface area contributed by atoms with Gasteiger partial charge in [-0.3, -0.25) is 0 Å². The van der Waals surface area contributed by atoms with E-state index in [4.69, 9.17) is 30.5 Å². The number of hydrogen-bond donors (Lipinski definition) is 0. The van der Waals surface area contributed by atoms with Crippen molar-refractivity contribution in [2.45, 2.75) is 56.2 Å². The predicted octanol–water partition coefficient (Wildman–Crippen LogP) is 3.77. The summed E-state index contributed by atoms with van der Waals surface area (Å²) in [7, 11) is -2.54. The first-order valence-electron chi connectivity index (χ1n) is 12.4. The van der Waals surface area contributed by atoms with Crippen molar-refractivity contribution < 1.29 is 40.5 Å². The van der Waals surface area contributed by atoms with Gasteiger partial charge in [-0.15, -0.1) is 10.2 Å². The van der Waals surface area contributed by atoms with E-state index in [0.29, 0.717) is 0 Å². The second-order valence-electron chi connectivity index (χ2n) is 9.50. The maximum Gasteiger partial charge on any atom is 0.422 e. The van der Waals surface area contributed by atoms with Crippen molar-refractivity contribution >= 4 is 21.4 Å². The molecular weight excluding hydrogens is 593 g/mol. The van der Waals surface area contributed by atoms with Crippen LogP contribution in [0.3, 0.4) is 0 Å². The second kappa shape index (κ2) is 12.4. The van der Waals surface area contributed by atoms with Gasteiger partial charge in [-0.2, -0.15) is 13.2 Å². The van der Waals surface area contributed by atoms with Crippen molar-refractivity contribution in [3.05, 3.63) is 41.3 Å². The molecule has 1 aliphatic rings. The topological polar surface area (TPSA) is 140 Å². The molecule has 3 aromatic heterocycles. The molecule has 0 saturated heterocycles. The molecule has 0 saturated carbocycles. The molecule has 3 atom stereocenters. The third kappa shape index (κ3) is 7.23. The highest BCUT2D eigenvalue weighted by molar-refractivity contribution is 7.91. The van der Waals surface area contributed by atoms with Crippen LogP contribution in [0.2, 0.25) is 5.02 Å². The lowest BCUT2D eigenvalue weighted by atomic mass is 10.2. The van der Waals surface area contributed by atoms with E-state index in [1.807, 2.05) is 0 Å². The maximum atomic E-state index is 13.7. The van der Waals surface area contributed by atoms with Gasteiger partial charge in [0, 0.05) is 25.7 Å². The molecule has 41 heavy (non-hydrogen) atoms. The van der Waals surface area contributed by atoms with Crippen molar-refractivity contribution in [3.8, 4) is 23.0 Å². The largest absolute Gasteiger partial charge is 0.485 e. The molecular formula is C24H28ClF3N6O6S.